The van der Waals surface area contributed by atoms with Crippen molar-refractivity contribution in [2.45, 2.75) is 13.2 Å². The SMILES string of the molecule is OCc1ccccc1OCc1cc(F)cc(F)c1. The van der Waals surface area contributed by atoms with Gasteiger partial charge in [-0.05, 0) is 23.8 Å². The van der Waals surface area contributed by atoms with Gasteiger partial charge in [0.1, 0.15) is 24.0 Å². The van der Waals surface area contributed by atoms with Crippen molar-refractivity contribution in [3.63, 3.8) is 0 Å². The molecule has 0 bridgehead atoms. The van der Waals surface area contributed by atoms with Crippen LogP contribution in [0.25, 0.3) is 0 Å². The Balaban J connectivity index is 2.11. The van der Waals surface area contributed by atoms with Gasteiger partial charge in [0.15, 0.2) is 0 Å². The van der Waals surface area contributed by atoms with Crippen molar-refractivity contribution >= 4 is 0 Å². The summed E-state index contributed by atoms with van der Waals surface area (Å²) in [6, 6.07) is 10.2. The van der Waals surface area contributed by atoms with Crippen molar-refractivity contribution < 1.29 is 18.6 Å². The van der Waals surface area contributed by atoms with Crippen molar-refractivity contribution in [3.05, 3.63) is 65.2 Å². The minimum Gasteiger partial charge on any atom is -0.489 e. The van der Waals surface area contributed by atoms with Gasteiger partial charge in [0.2, 0.25) is 0 Å². The maximum absolute atomic E-state index is 13.0. The van der Waals surface area contributed by atoms with E-state index in [4.69, 9.17) is 9.84 Å². The molecule has 0 amide bonds. The Morgan fingerprint density at radius 3 is 2.33 bits per heavy atom. The first-order valence-electron chi connectivity index (χ1n) is 5.45. The number of aliphatic hydroxyl groups excluding tert-OH is 1. The number of benzene rings is 2. The lowest BCUT2D eigenvalue weighted by atomic mass is 10.2. The third kappa shape index (κ3) is 3.05. The zero-order chi connectivity index (χ0) is 13.0. The Kier molecular flexibility index (Phi) is 3.89. The summed E-state index contributed by atoms with van der Waals surface area (Å²) in [6.45, 7) is -0.0978. The maximum Gasteiger partial charge on any atom is 0.126 e. The molecule has 2 aromatic rings. The lowest BCUT2D eigenvalue weighted by Crippen LogP contribution is -1.99. The fraction of sp³-hybridized carbons (Fsp3) is 0.143. The van der Waals surface area contributed by atoms with E-state index in [1.165, 1.54) is 12.1 Å². The van der Waals surface area contributed by atoms with E-state index in [-0.39, 0.29) is 13.2 Å². The summed E-state index contributed by atoms with van der Waals surface area (Å²) in [4.78, 5) is 0. The van der Waals surface area contributed by atoms with E-state index in [0.29, 0.717) is 16.9 Å². The topological polar surface area (TPSA) is 29.5 Å². The summed E-state index contributed by atoms with van der Waals surface area (Å²) in [7, 11) is 0. The Bertz CT molecular complexity index is 521. The highest BCUT2D eigenvalue weighted by Gasteiger charge is 2.04. The van der Waals surface area contributed by atoms with E-state index in [0.717, 1.165) is 6.07 Å². The molecular formula is C14H12F2O2. The Hall–Kier alpha value is -1.94. The third-order valence-corrected chi connectivity index (χ3v) is 2.46. The molecule has 94 valence electrons. The first-order valence-corrected chi connectivity index (χ1v) is 5.45. The van der Waals surface area contributed by atoms with Crippen LogP contribution in [0.15, 0.2) is 42.5 Å². The molecule has 2 aromatic carbocycles. The minimum absolute atomic E-state index is 0.0473. The lowest BCUT2D eigenvalue weighted by Gasteiger charge is -2.10. The molecule has 0 unspecified atom stereocenters. The van der Waals surface area contributed by atoms with Crippen molar-refractivity contribution in [3.8, 4) is 5.75 Å². The molecular weight excluding hydrogens is 238 g/mol. The molecule has 0 saturated heterocycles. The smallest absolute Gasteiger partial charge is 0.126 e. The summed E-state index contributed by atoms with van der Waals surface area (Å²) in [5, 5.41) is 9.10. The van der Waals surface area contributed by atoms with Gasteiger partial charge < -0.3 is 9.84 Å². The Morgan fingerprint density at radius 1 is 1.00 bits per heavy atom. The van der Waals surface area contributed by atoms with Crippen molar-refractivity contribution in [1.82, 2.24) is 0 Å². The number of hydrogen-bond donors (Lipinski definition) is 1. The average Bonchev–Trinajstić information content (AvgIpc) is 2.35. The fourth-order valence-electron chi connectivity index (χ4n) is 1.63. The molecule has 0 spiro atoms. The Morgan fingerprint density at radius 2 is 1.67 bits per heavy atom. The summed E-state index contributed by atoms with van der Waals surface area (Å²) in [5.41, 5.74) is 1.04. The van der Waals surface area contributed by atoms with Crippen LogP contribution in [-0.2, 0) is 13.2 Å². The second kappa shape index (κ2) is 5.60. The molecule has 4 heteroatoms. The van der Waals surface area contributed by atoms with E-state index in [1.54, 1.807) is 24.3 Å². The van der Waals surface area contributed by atoms with Crippen LogP contribution in [0.3, 0.4) is 0 Å². The van der Waals surface area contributed by atoms with Gasteiger partial charge in [-0.3, -0.25) is 0 Å². The molecule has 0 aliphatic carbocycles. The summed E-state index contributed by atoms with van der Waals surface area (Å²) < 4.78 is 31.4. The number of hydrogen-bond acceptors (Lipinski definition) is 2. The van der Waals surface area contributed by atoms with Gasteiger partial charge in [-0.2, -0.15) is 0 Å². The number of ether oxygens (including phenoxy) is 1. The van der Waals surface area contributed by atoms with Gasteiger partial charge in [0, 0.05) is 11.6 Å². The minimum atomic E-state index is -0.635. The molecule has 0 aliphatic rings. The van der Waals surface area contributed by atoms with Crippen LogP contribution in [0.1, 0.15) is 11.1 Å². The van der Waals surface area contributed by atoms with Crippen LogP contribution in [0.2, 0.25) is 0 Å². The predicted molar refractivity (Wildman–Crippen MR) is 63.1 cm³/mol. The van der Waals surface area contributed by atoms with Crippen LogP contribution in [0.4, 0.5) is 8.78 Å². The van der Waals surface area contributed by atoms with E-state index in [9.17, 15) is 8.78 Å². The van der Waals surface area contributed by atoms with Gasteiger partial charge >= 0.3 is 0 Å². The molecule has 1 N–H and O–H groups in total. The van der Waals surface area contributed by atoms with Crippen LogP contribution in [0.5, 0.6) is 5.75 Å². The summed E-state index contributed by atoms with van der Waals surface area (Å²) in [5.74, 6) is -0.766. The van der Waals surface area contributed by atoms with Gasteiger partial charge in [-0.25, -0.2) is 8.78 Å². The van der Waals surface area contributed by atoms with Gasteiger partial charge in [0.25, 0.3) is 0 Å². The van der Waals surface area contributed by atoms with Crippen LogP contribution >= 0.6 is 0 Å². The van der Waals surface area contributed by atoms with Gasteiger partial charge in [0.05, 0.1) is 6.61 Å². The number of para-hydroxylation sites is 1. The quantitative estimate of drug-likeness (QED) is 0.903. The molecule has 2 nitrogen and oxygen atoms in total. The maximum atomic E-state index is 13.0. The van der Waals surface area contributed by atoms with Crippen LogP contribution in [-0.4, -0.2) is 5.11 Å². The molecule has 0 heterocycles. The second-order valence-electron chi connectivity index (χ2n) is 3.83. The van der Waals surface area contributed by atoms with E-state index >= 15 is 0 Å². The first-order chi connectivity index (χ1) is 8.69. The fourth-order valence-corrected chi connectivity index (χ4v) is 1.63. The molecule has 0 atom stereocenters. The van der Waals surface area contributed by atoms with Crippen molar-refractivity contribution in [2.75, 3.05) is 0 Å². The molecule has 0 aromatic heterocycles. The van der Waals surface area contributed by atoms with Gasteiger partial charge in [-0.1, -0.05) is 18.2 Å². The van der Waals surface area contributed by atoms with E-state index < -0.39 is 11.6 Å². The lowest BCUT2D eigenvalue weighted by molar-refractivity contribution is 0.258. The first kappa shape index (κ1) is 12.5. The number of rotatable bonds is 4. The zero-order valence-electron chi connectivity index (χ0n) is 9.57. The predicted octanol–water partition coefficient (Wildman–Crippen LogP) is 3.04. The highest BCUT2D eigenvalue weighted by Crippen LogP contribution is 2.19. The van der Waals surface area contributed by atoms with E-state index in [2.05, 4.69) is 0 Å². The number of aliphatic hydroxyl groups is 1. The summed E-state index contributed by atoms with van der Waals surface area (Å²) in [6.07, 6.45) is 0. The highest BCUT2D eigenvalue weighted by atomic mass is 19.1. The van der Waals surface area contributed by atoms with Crippen LogP contribution in [0, 0.1) is 11.6 Å². The largest absolute Gasteiger partial charge is 0.489 e. The van der Waals surface area contributed by atoms with Crippen LogP contribution < -0.4 is 4.74 Å². The highest BCUT2D eigenvalue weighted by molar-refractivity contribution is 5.33. The second-order valence-corrected chi connectivity index (χ2v) is 3.83. The molecule has 2 rings (SSSR count). The van der Waals surface area contributed by atoms with Crippen molar-refractivity contribution in [2.24, 2.45) is 0 Å². The molecule has 18 heavy (non-hydrogen) atoms. The van der Waals surface area contributed by atoms with Gasteiger partial charge in [-0.15, -0.1) is 0 Å². The molecule has 0 saturated carbocycles. The summed E-state index contributed by atoms with van der Waals surface area (Å²) >= 11 is 0. The zero-order valence-corrected chi connectivity index (χ0v) is 9.57. The normalized spacial score (nSPS) is 10.4. The third-order valence-electron chi connectivity index (χ3n) is 2.46. The number of halogens is 2. The molecule has 0 fully saturated rings. The van der Waals surface area contributed by atoms with Crippen molar-refractivity contribution in [1.29, 1.82) is 0 Å². The standard InChI is InChI=1S/C14H12F2O2/c15-12-5-10(6-13(16)7-12)9-18-14-4-2-1-3-11(14)8-17/h1-7,17H,8-9H2. The molecule has 0 radical (unpaired) electrons. The average molecular weight is 250 g/mol. The van der Waals surface area contributed by atoms with E-state index in [1.807, 2.05) is 0 Å². The molecule has 0 aliphatic heterocycles. The monoisotopic (exact) mass is 250 g/mol. The Labute approximate surface area is 103 Å².